The highest BCUT2D eigenvalue weighted by molar-refractivity contribution is 5.54. The predicted octanol–water partition coefficient (Wildman–Crippen LogP) is 2.31. The molecule has 0 heterocycles. The first-order valence-electron chi connectivity index (χ1n) is 6.44. The highest BCUT2D eigenvalue weighted by Gasteiger charge is 2.13. The Labute approximate surface area is 104 Å². The molecule has 0 aliphatic heterocycles. The van der Waals surface area contributed by atoms with Gasteiger partial charge >= 0.3 is 0 Å². The maximum atomic E-state index is 8.93. The number of para-hydroxylation sites is 1. The molecule has 3 N–H and O–H groups in total. The number of nitrogens with two attached hydrogens (primary N) is 1. The third-order valence-electron chi connectivity index (χ3n) is 3.08. The van der Waals surface area contributed by atoms with Crippen LogP contribution in [0.2, 0.25) is 0 Å². The van der Waals surface area contributed by atoms with Crippen molar-refractivity contribution in [1.82, 2.24) is 0 Å². The lowest BCUT2D eigenvalue weighted by atomic mass is 10.0. The molecule has 1 aromatic carbocycles. The summed E-state index contributed by atoms with van der Waals surface area (Å²) in [5.74, 6) is 0. The lowest BCUT2D eigenvalue weighted by Gasteiger charge is -2.27. The van der Waals surface area contributed by atoms with Crippen LogP contribution in [0.5, 0.6) is 0 Å². The van der Waals surface area contributed by atoms with E-state index in [0.29, 0.717) is 0 Å². The zero-order chi connectivity index (χ0) is 12.7. The lowest BCUT2D eigenvalue weighted by molar-refractivity contribution is 0.289. The molecule has 0 aromatic heterocycles. The summed E-state index contributed by atoms with van der Waals surface area (Å²) in [4.78, 5) is 2.28. The fraction of sp³-hybridized carbons (Fsp3) is 0.571. The molecule has 17 heavy (non-hydrogen) atoms. The smallest absolute Gasteiger partial charge is 0.0447 e. The molecule has 1 unspecified atom stereocenters. The summed E-state index contributed by atoms with van der Waals surface area (Å²) in [5.41, 5.74) is 8.55. The Hall–Kier alpha value is -1.06. The minimum atomic E-state index is 0.0920. The van der Waals surface area contributed by atoms with E-state index < -0.39 is 0 Å². The Morgan fingerprint density at radius 2 is 2.00 bits per heavy atom. The molecular weight excluding hydrogens is 212 g/mol. The van der Waals surface area contributed by atoms with Gasteiger partial charge < -0.3 is 15.7 Å². The summed E-state index contributed by atoms with van der Waals surface area (Å²) < 4.78 is 0. The average molecular weight is 236 g/mol. The minimum Gasteiger partial charge on any atom is -0.396 e. The third-order valence-corrected chi connectivity index (χ3v) is 3.08. The summed E-state index contributed by atoms with van der Waals surface area (Å²) in [6, 6.07) is 8.39. The summed E-state index contributed by atoms with van der Waals surface area (Å²) >= 11 is 0. The summed E-state index contributed by atoms with van der Waals surface area (Å²) in [5, 5.41) is 8.93. The van der Waals surface area contributed by atoms with E-state index in [4.69, 9.17) is 10.8 Å². The van der Waals surface area contributed by atoms with Gasteiger partial charge in [-0.05, 0) is 31.4 Å². The van der Waals surface area contributed by atoms with Gasteiger partial charge in [-0.1, -0.05) is 25.1 Å². The van der Waals surface area contributed by atoms with Crippen molar-refractivity contribution in [3.63, 3.8) is 0 Å². The van der Waals surface area contributed by atoms with Gasteiger partial charge in [0.25, 0.3) is 0 Å². The van der Waals surface area contributed by atoms with Crippen LogP contribution < -0.4 is 10.6 Å². The largest absolute Gasteiger partial charge is 0.396 e. The molecule has 0 spiro atoms. The van der Waals surface area contributed by atoms with Crippen LogP contribution in [0, 0.1) is 0 Å². The molecule has 0 fully saturated rings. The Morgan fingerprint density at radius 3 is 2.59 bits per heavy atom. The second-order valence-corrected chi connectivity index (χ2v) is 4.23. The fourth-order valence-electron chi connectivity index (χ4n) is 2.02. The van der Waals surface area contributed by atoms with Gasteiger partial charge in [-0.2, -0.15) is 0 Å². The van der Waals surface area contributed by atoms with Gasteiger partial charge in [0.1, 0.15) is 0 Å². The van der Waals surface area contributed by atoms with Gasteiger partial charge in [0.05, 0.1) is 0 Å². The molecule has 96 valence electrons. The van der Waals surface area contributed by atoms with Crippen molar-refractivity contribution in [2.24, 2.45) is 5.73 Å². The highest BCUT2D eigenvalue weighted by atomic mass is 16.3. The Balaban J connectivity index is 2.93. The lowest BCUT2D eigenvalue weighted by Crippen LogP contribution is -2.27. The van der Waals surface area contributed by atoms with Crippen molar-refractivity contribution < 1.29 is 5.11 Å². The van der Waals surface area contributed by atoms with Crippen molar-refractivity contribution in [3.8, 4) is 0 Å². The SMILES string of the molecule is CCC(N)c1ccccc1N(CC)CCCO. The first-order valence-corrected chi connectivity index (χ1v) is 6.44. The number of hydrogen-bond acceptors (Lipinski definition) is 3. The molecule has 1 rings (SSSR count). The van der Waals surface area contributed by atoms with E-state index in [1.807, 2.05) is 12.1 Å². The van der Waals surface area contributed by atoms with E-state index in [1.54, 1.807) is 0 Å². The molecule has 1 aromatic rings. The molecule has 1 atom stereocenters. The number of nitrogens with zero attached hydrogens (tertiary/aromatic N) is 1. The van der Waals surface area contributed by atoms with Crippen LogP contribution in [-0.2, 0) is 0 Å². The summed E-state index contributed by atoms with van der Waals surface area (Å²) in [6.45, 7) is 6.28. The number of aliphatic hydroxyl groups is 1. The van der Waals surface area contributed by atoms with E-state index in [1.165, 1.54) is 11.3 Å². The Morgan fingerprint density at radius 1 is 1.29 bits per heavy atom. The zero-order valence-corrected chi connectivity index (χ0v) is 10.9. The molecule has 0 aliphatic rings. The predicted molar refractivity (Wildman–Crippen MR) is 73.3 cm³/mol. The summed E-state index contributed by atoms with van der Waals surface area (Å²) in [6.07, 6.45) is 1.73. The topological polar surface area (TPSA) is 49.5 Å². The van der Waals surface area contributed by atoms with Crippen molar-refractivity contribution in [2.45, 2.75) is 32.7 Å². The molecule has 3 heteroatoms. The molecule has 0 aliphatic carbocycles. The van der Waals surface area contributed by atoms with Gasteiger partial charge in [0.15, 0.2) is 0 Å². The molecule has 3 nitrogen and oxygen atoms in total. The van der Waals surface area contributed by atoms with E-state index in [2.05, 4.69) is 30.9 Å². The minimum absolute atomic E-state index is 0.0920. The van der Waals surface area contributed by atoms with Crippen LogP contribution in [0.25, 0.3) is 0 Å². The van der Waals surface area contributed by atoms with Gasteiger partial charge in [0.2, 0.25) is 0 Å². The maximum Gasteiger partial charge on any atom is 0.0447 e. The van der Waals surface area contributed by atoms with Crippen LogP contribution in [0.3, 0.4) is 0 Å². The summed E-state index contributed by atoms with van der Waals surface area (Å²) in [7, 11) is 0. The van der Waals surface area contributed by atoms with Gasteiger partial charge in [-0.3, -0.25) is 0 Å². The monoisotopic (exact) mass is 236 g/mol. The number of benzene rings is 1. The van der Waals surface area contributed by atoms with E-state index in [0.717, 1.165) is 25.9 Å². The Bertz CT molecular complexity index is 328. The number of hydrogen-bond donors (Lipinski definition) is 2. The van der Waals surface area contributed by atoms with Crippen LogP contribution in [0.1, 0.15) is 38.3 Å². The first-order chi connectivity index (χ1) is 8.24. The van der Waals surface area contributed by atoms with E-state index in [-0.39, 0.29) is 12.6 Å². The zero-order valence-electron chi connectivity index (χ0n) is 10.9. The normalized spacial score (nSPS) is 12.5. The third kappa shape index (κ3) is 3.72. The van der Waals surface area contributed by atoms with Gasteiger partial charge in [-0.25, -0.2) is 0 Å². The van der Waals surface area contributed by atoms with Gasteiger partial charge in [0, 0.05) is 31.4 Å². The van der Waals surface area contributed by atoms with Crippen LogP contribution >= 0.6 is 0 Å². The number of rotatable bonds is 7. The fourth-order valence-corrected chi connectivity index (χ4v) is 2.02. The van der Waals surface area contributed by atoms with Crippen molar-refractivity contribution in [1.29, 1.82) is 0 Å². The van der Waals surface area contributed by atoms with E-state index >= 15 is 0 Å². The molecule has 0 amide bonds. The average Bonchev–Trinajstić information content (AvgIpc) is 2.39. The maximum absolute atomic E-state index is 8.93. The number of anilines is 1. The van der Waals surface area contributed by atoms with Crippen molar-refractivity contribution in [3.05, 3.63) is 29.8 Å². The molecule has 0 bridgehead atoms. The first kappa shape index (κ1) is 14.0. The molecule has 0 saturated carbocycles. The number of aliphatic hydroxyl groups excluding tert-OH is 1. The van der Waals surface area contributed by atoms with Crippen LogP contribution in [0.15, 0.2) is 24.3 Å². The second kappa shape index (κ2) is 7.30. The molecular formula is C14H24N2O. The van der Waals surface area contributed by atoms with Crippen LogP contribution in [-0.4, -0.2) is 24.8 Å². The van der Waals surface area contributed by atoms with Gasteiger partial charge in [-0.15, -0.1) is 0 Å². The van der Waals surface area contributed by atoms with Crippen molar-refractivity contribution in [2.75, 3.05) is 24.6 Å². The van der Waals surface area contributed by atoms with Crippen LogP contribution in [0.4, 0.5) is 5.69 Å². The Kier molecular flexibility index (Phi) is 6.01. The molecule has 0 saturated heterocycles. The second-order valence-electron chi connectivity index (χ2n) is 4.23. The molecule has 0 radical (unpaired) electrons. The highest BCUT2D eigenvalue weighted by Crippen LogP contribution is 2.26. The van der Waals surface area contributed by atoms with E-state index in [9.17, 15) is 0 Å². The van der Waals surface area contributed by atoms with Crippen molar-refractivity contribution >= 4 is 5.69 Å². The quantitative estimate of drug-likeness (QED) is 0.763. The standard InChI is InChI=1S/C14H24N2O/c1-3-13(15)12-8-5-6-9-14(12)16(4-2)10-7-11-17/h5-6,8-9,13,17H,3-4,7,10-11,15H2,1-2H3.